The fourth-order valence-electron chi connectivity index (χ4n) is 6.21. The van der Waals surface area contributed by atoms with E-state index in [4.69, 9.17) is 5.26 Å². The van der Waals surface area contributed by atoms with Crippen molar-refractivity contribution in [2.24, 2.45) is 10.8 Å². The molecule has 2 atom stereocenters. The average molecular weight is 472 g/mol. The number of nitriles is 1. The summed E-state index contributed by atoms with van der Waals surface area (Å²) in [7, 11) is 0. The van der Waals surface area contributed by atoms with Crippen LogP contribution in [0.1, 0.15) is 61.1 Å². The molecule has 0 aromatic heterocycles. The summed E-state index contributed by atoms with van der Waals surface area (Å²) in [5, 5.41) is 22.7. The van der Waals surface area contributed by atoms with Crippen LogP contribution in [0.5, 0.6) is 0 Å². The van der Waals surface area contributed by atoms with Crippen molar-refractivity contribution in [3.63, 3.8) is 0 Å². The molecule has 5 rings (SSSR count). The van der Waals surface area contributed by atoms with Crippen molar-refractivity contribution in [3.05, 3.63) is 71.3 Å². The summed E-state index contributed by atoms with van der Waals surface area (Å²) >= 11 is 0. The first-order chi connectivity index (χ1) is 17.0. The Hall–Kier alpha value is -2.68. The Morgan fingerprint density at radius 3 is 2.31 bits per heavy atom. The maximum atomic E-state index is 11.9. The molecule has 0 spiro atoms. The van der Waals surface area contributed by atoms with Crippen LogP contribution in [0.2, 0.25) is 0 Å². The van der Waals surface area contributed by atoms with E-state index >= 15 is 0 Å². The Morgan fingerprint density at radius 1 is 1.03 bits per heavy atom. The SMILES string of the molecule is N#CCc1ccc(CC2(CNC3CC3c3ccccc3)CCN(CC3(C(=O)O)CCC3)CC2)cc1. The summed E-state index contributed by atoms with van der Waals surface area (Å²) in [5.41, 5.74) is 3.50. The van der Waals surface area contributed by atoms with Gasteiger partial charge >= 0.3 is 5.97 Å². The standard InChI is InChI=1S/C30H37N3O2/c31-16-11-23-7-9-24(10-8-23)20-29(21-32-27-19-26(27)25-5-2-1-3-6-25)14-17-33(18-15-29)22-30(28(34)35)12-4-13-30/h1-3,5-10,26-27,32H,4,11-15,17-22H2,(H,34,35). The molecule has 1 aliphatic heterocycles. The van der Waals surface area contributed by atoms with Crippen molar-refractivity contribution in [1.82, 2.24) is 10.2 Å². The lowest BCUT2D eigenvalue weighted by Crippen LogP contribution is -2.52. The summed E-state index contributed by atoms with van der Waals surface area (Å²) in [6.07, 6.45) is 7.53. The molecule has 0 bridgehead atoms. The molecule has 2 aromatic rings. The van der Waals surface area contributed by atoms with E-state index in [-0.39, 0.29) is 5.41 Å². The molecule has 0 amide bonds. The van der Waals surface area contributed by atoms with Gasteiger partial charge in [0.1, 0.15) is 0 Å². The number of rotatable bonds is 10. The molecule has 184 valence electrons. The summed E-state index contributed by atoms with van der Waals surface area (Å²) in [5.74, 6) is 0.00745. The number of hydrogen-bond donors (Lipinski definition) is 2. The van der Waals surface area contributed by atoms with Crippen molar-refractivity contribution in [2.45, 2.75) is 63.3 Å². The number of benzene rings is 2. The lowest BCUT2D eigenvalue weighted by molar-refractivity contribution is -0.156. The molecule has 35 heavy (non-hydrogen) atoms. The average Bonchev–Trinajstić information content (AvgIpc) is 3.63. The highest BCUT2D eigenvalue weighted by molar-refractivity contribution is 5.76. The Bertz CT molecular complexity index is 1050. The van der Waals surface area contributed by atoms with Gasteiger partial charge in [0.05, 0.1) is 17.9 Å². The Balaban J connectivity index is 1.24. The number of hydrogen-bond acceptors (Lipinski definition) is 4. The van der Waals surface area contributed by atoms with Gasteiger partial charge in [-0.3, -0.25) is 4.79 Å². The predicted molar refractivity (Wildman–Crippen MR) is 137 cm³/mol. The largest absolute Gasteiger partial charge is 0.481 e. The zero-order valence-electron chi connectivity index (χ0n) is 20.6. The smallest absolute Gasteiger partial charge is 0.310 e. The second-order valence-electron chi connectivity index (χ2n) is 11.3. The predicted octanol–water partition coefficient (Wildman–Crippen LogP) is 4.78. The van der Waals surface area contributed by atoms with Crippen molar-refractivity contribution in [1.29, 1.82) is 5.26 Å². The molecule has 2 unspecified atom stereocenters. The van der Waals surface area contributed by atoms with Gasteiger partial charge in [0.15, 0.2) is 0 Å². The number of nitrogens with zero attached hydrogens (tertiary/aromatic N) is 2. The maximum Gasteiger partial charge on any atom is 0.310 e. The maximum absolute atomic E-state index is 11.9. The number of piperidine rings is 1. The molecule has 2 aliphatic carbocycles. The summed E-state index contributed by atoms with van der Waals surface area (Å²) in [4.78, 5) is 14.3. The van der Waals surface area contributed by atoms with Gasteiger partial charge in [0.2, 0.25) is 0 Å². The molecule has 2 N–H and O–H groups in total. The van der Waals surface area contributed by atoms with E-state index in [1.165, 1.54) is 17.5 Å². The van der Waals surface area contributed by atoms with Crippen LogP contribution >= 0.6 is 0 Å². The molecule has 0 radical (unpaired) electrons. The van der Waals surface area contributed by atoms with E-state index in [0.717, 1.165) is 63.7 Å². The highest BCUT2D eigenvalue weighted by Gasteiger charge is 2.47. The van der Waals surface area contributed by atoms with Crippen LogP contribution in [0.15, 0.2) is 54.6 Å². The number of carbonyl (C=O) groups is 1. The van der Waals surface area contributed by atoms with Crippen LogP contribution in [-0.2, 0) is 17.6 Å². The van der Waals surface area contributed by atoms with E-state index in [9.17, 15) is 9.90 Å². The monoisotopic (exact) mass is 471 g/mol. The first kappa shape index (κ1) is 24.0. The molecule has 2 saturated carbocycles. The van der Waals surface area contributed by atoms with Crippen LogP contribution < -0.4 is 5.32 Å². The zero-order chi connectivity index (χ0) is 24.3. The van der Waals surface area contributed by atoms with Crippen LogP contribution in [-0.4, -0.2) is 48.2 Å². The minimum Gasteiger partial charge on any atom is -0.481 e. The van der Waals surface area contributed by atoms with Gasteiger partial charge in [-0.25, -0.2) is 0 Å². The van der Waals surface area contributed by atoms with E-state index < -0.39 is 11.4 Å². The Morgan fingerprint density at radius 2 is 1.71 bits per heavy atom. The summed E-state index contributed by atoms with van der Waals surface area (Å²) in [6, 6.07) is 22.2. The highest BCUT2D eigenvalue weighted by Crippen LogP contribution is 2.45. The third kappa shape index (κ3) is 5.44. The van der Waals surface area contributed by atoms with Gasteiger partial charge in [-0.2, -0.15) is 5.26 Å². The number of carboxylic acid groups (broad SMARTS) is 1. The molecule has 5 heteroatoms. The fourth-order valence-corrected chi connectivity index (χ4v) is 6.21. The van der Waals surface area contributed by atoms with Crippen LogP contribution in [0, 0.1) is 22.2 Å². The lowest BCUT2D eigenvalue weighted by atomic mass is 9.67. The van der Waals surface area contributed by atoms with Crippen LogP contribution in [0.3, 0.4) is 0 Å². The molecule has 3 aliphatic rings. The van der Waals surface area contributed by atoms with Crippen molar-refractivity contribution < 1.29 is 9.90 Å². The van der Waals surface area contributed by atoms with Gasteiger partial charge in [-0.1, -0.05) is 61.0 Å². The second-order valence-corrected chi connectivity index (χ2v) is 11.3. The van der Waals surface area contributed by atoms with Crippen LogP contribution in [0.4, 0.5) is 0 Å². The molecule has 3 fully saturated rings. The zero-order valence-corrected chi connectivity index (χ0v) is 20.6. The summed E-state index contributed by atoms with van der Waals surface area (Å²) in [6.45, 7) is 3.64. The molecule has 1 heterocycles. The van der Waals surface area contributed by atoms with Gasteiger partial charge in [-0.15, -0.1) is 0 Å². The minimum absolute atomic E-state index is 0.174. The molecular formula is C30H37N3O2. The van der Waals surface area contributed by atoms with Gasteiger partial charge < -0.3 is 15.3 Å². The van der Waals surface area contributed by atoms with E-state index in [1.54, 1.807) is 0 Å². The molecule has 1 saturated heterocycles. The van der Waals surface area contributed by atoms with Crippen molar-refractivity contribution in [3.8, 4) is 6.07 Å². The second kappa shape index (κ2) is 10.1. The van der Waals surface area contributed by atoms with E-state index in [0.29, 0.717) is 24.9 Å². The van der Waals surface area contributed by atoms with E-state index in [2.05, 4.69) is 70.9 Å². The summed E-state index contributed by atoms with van der Waals surface area (Å²) < 4.78 is 0. The Kier molecular flexibility index (Phi) is 6.95. The quantitative estimate of drug-likeness (QED) is 0.522. The minimum atomic E-state index is -0.611. The highest BCUT2D eigenvalue weighted by atomic mass is 16.4. The molecule has 2 aromatic carbocycles. The Labute approximate surface area is 209 Å². The number of carboxylic acids is 1. The van der Waals surface area contributed by atoms with Gasteiger partial charge in [0, 0.05) is 25.0 Å². The van der Waals surface area contributed by atoms with Crippen molar-refractivity contribution in [2.75, 3.05) is 26.2 Å². The topological polar surface area (TPSA) is 76.4 Å². The molecule has 5 nitrogen and oxygen atoms in total. The number of nitrogens with one attached hydrogen (secondary N) is 1. The third-order valence-electron chi connectivity index (χ3n) is 8.85. The third-order valence-corrected chi connectivity index (χ3v) is 8.85. The normalized spacial score (nSPS) is 24.8. The fraction of sp³-hybridized carbons (Fsp3) is 0.533. The number of likely N-dealkylation sites (tertiary alicyclic amines) is 1. The first-order valence-corrected chi connectivity index (χ1v) is 13.2. The number of aliphatic carboxylic acids is 1. The lowest BCUT2D eigenvalue weighted by Gasteiger charge is -2.47. The van der Waals surface area contributed by atoms with Gasteiger partial charge in [-0.05, 0) is 73.7 Å². The molecular weight excluding hydrogens is 434 g/mol. The van der Waals surface area contributed by atoms with Crippen molar-refractivity contribution >= 4 is 5.97 Å². The van der Waals surface area contributed by atoms with E-state index in [1.807, 2.05) is 0 Å². The van der Waals surface area contributed by atoms with Gasteiger partial charge in [0.25, 0.3) is 0 Å². The first-order valence-electron chi connectivity index (χ1n) is 13.2. The van der Waals surface area contributed by atoms with Crippen LogP contribution in [0.25, 0.3) is 0 Å².